The van der Waals surface area contributed by atoms with Gasteiger partial charge in [0.1, 0.15) is 17.3 Å². The first-order valence-electron chi connectivity index (χ1n) is 8.76. The van der Waals surface area contributed by atoms with Crippen LogP contribution in [0.5, 0.6) is 11.5 Å². The van der Waals surface area contributed by atoms with E-state index in [-0.39, 0.29) is 0 Å². The normalized spacial score (nSPS) is 13.9. The van der Waals surface area contributed by atoms with Crippen LogP contribution in [0.3, 0.4) is 0 Å². The third-order valence-electron chi connectivity index (χ3n) is 4.38. The Kier molecular flexibility index (Phi) is 5.02. The molecule has 1 aromatic heterocycles. The second-order valence-electron chi connectivity index (χ2n) is 6.17. The minimum absolute atomic E-state index is 0.821. The van der Waals surface area contributed by atoms with Crippen LogP contribution in [0, 0.1) is 0 Å². The zero-order valence-electron chi connectivity index (χ0n) is 14.1. The highest BCUT2D eigenvalue weighted by Crippen LogP contribution is 2.31. The van der Waals surface area contributed by atoms with Gasteiger partial charge in [0.15, 0.2) is 5.16 Å². The van der Waals surface area contributed by atoms with E-state index in [0.29, 0.717) is 0 Å². The number of aryl methyl sites for hydroxylation is 1. The molecule has 3 aromatic rings. The highest BCUT2D eigenvalue weighted by molar-refractivity contribution is 7.98. The van der Waals surface area contributed by atoms with Gasteiger partial charge >= 0.3 is 0 Å². The van der Waals surface area contributed by atoms with Crippen LogP contribution >= 0.6 is 11.8 Å². The summed E-state index contributed by atoms with van der Waals surface area (Å²) < 4.78 is 8.35. The summed E-state index contributed by atoms with van der Waals surface area (Å²) in [7, 11) is 0. The van der Waals surface area contributed by atoms with E-state index in [4.69, 9.17) is 4.74 Å². The number of benzene rings is 2. The number of aromatic nitrogens is 3. The molecule has 0 N–H and O–H groups in total. The number of rotatable bonds is 5. The molecule has 0 bridgehead atoms. The zero-order valence-corrected chi connectivity index (χ0v) is 14.9. The lowest BCUT2D eigenvalue weighted by Crippen LogP contribution is -2.02. The number of hydrogen-bond donors (Lipinski definition) is 0. The Morgan fingerprint density at radius 2 is 1.76 bits per heavy atom. The third kappa shape index (κ3) is 3.87. The molecule has 0 aliphatic carbocycles. The molecule has 0 saturated heterocycles. The summed E-state index contributed by atoms with van der Waals surface area (Å²) in [6, 6.07) is 18.1. The molecule has 0 unspecified atom stereocenters. The van der Waals surface area contributed by atoms with Crippen molar-refractivity contribution in [1.82, 2.24) is 14.8 Å². The second kappa shape index (κ2) is 7.74. The van der Waals surface area contributed by atoms with Gasteiger partial charge in [0.25, 0.3) is 0 Å². The van der Waals surface area contributed by atoms with Crippen LogP contribution < -0.4 is 4.74 Å². The molecule has 25 heavy (non-hydrogen) atoms. The van der Waals surface area contributed by atoms with Gasteiger partial charge < -0.3 is 9.30 Å². The van der Waals surface area contributed by atoms with Crippen molar-refractivity contribution in [1.29, 1.82) is 0 Å². The van der Waals surface area contributed by atoms with Crippen LogP contribution in [-0.2, 0) is 18.7 Å². The molecule has 128 valence electrons. The van der Waals surface area contributed by atoms with Crippen LogP contribution in [0.15, 0.2) is 59.8 Å². The summed E-state index contributed by atoms with van der Waals surface area (Å²) in [4.78, 5) is 0. The smallest absolute Gasteiger partial charge is 0.191 e. The van der Waals surface area contributed by atoms with Crippen molar-refractivity contribution < 1.29 is 4.74 Å². The standard InChI is InChI=1S/C20H21N3OS/c1-3-10-17(11-4-1)24-18-12-7-6-9-16(18)15-25-20-22-21-19-13-5-2-8-14-23(19)20/h1,3-4,6-7,9-12H,2,5,8,13-15H2. The SMILES string of the molecule is c1ccc(Oc2ccccc2CSc2nnc3n2CCCCC3)cc1. The molecular formula is C20H21N3OS. The predicted molar refractivity (Wildman–Crippen MR) is 100 cm³/mol. The van der Waals surface area contributed by atoms with Crippen LogP contribution in [0.25, 0.3) is 0 Å². The highest BCUT2D eigenvalue weighted by atomic mass is 32.2. The minimum atomic E-state index is 0.821. The molecule has 5 heteroatoms. The Labute approximate surface area is 152 Å². The summed E-state index contributed by atoms with van der Waals surface area (Å²) in [5.74, 6) is 3.71. The fourth-order valence-corrected chi connectivity index (χ4v) is 4.02. The second-order valence-corrected chi connectivity index (χ2v) is 7.12. The molecular weight excluding hydrogens is 330 g/mol. The molecule has 0 atom stereocenters. The van der Waals surface area contributed by atoms with Crippen LogP contribution in [0.1, 0.15) is 30.7 Å². The van der Waals surface area contributed by atoms with Gasteiger partial charge in [-0.3, -0.25) is 0 Å². The van der Waals surface area contributed by atoms with Gasteiger partial charge in [-0.25, -0.2) is 0 Å². The number of hydrogen-bond acceptors (Lipinski definition) is 4. The molecule has 2 aromatic carbocycles. The lowest BCUT2D eigenvalue weighted by Gasteiger charge is -2.11. The molecule has 0 amide bonds. The van der Waals surface area contributed by atoms with E-state index in [0.717, 1.165) is 41.2 Å². The van der Waals surface area contributed by atoms with Crippen molar-refractivity contribution in [3.8, 4) is 11.5 Å². The fraction of sp³-hybridized carbons (Fsp3) is 0.300. The maximum atomic E-state index is 6.06. The molecule has 4 rings (SSSR count). The Bertz CT molecular complexity index is 832. The number of thioether (sulfide) groups is 1. The Balaban J connectivity index is 1.49. The summed E-state index contributed by atoms with van der Waals surface area (Å²) >= 11 is 1.74. The van der Waals surface area contributed by atoms with E-state index in [1.54, 1.807) is 11.8 Å². The lowest BCUT2D eigenvalue weighted by molar-refractivity contribution is 0.478. The van der Waals surface area contributed by atoms with Gasteiger partial charge in [-0.2, -0.15) is 0 Å². The topological polar surface area (TPSA) is 39.9 Å². The van der Waals surface area contributed by atoms with E-state index in [1.807, 2.05) is 42.5 Å². The van der Waals surface area contributed by atoms with Gasteiger partial charge in [0, 0.05) is 24.3 Å². The molecule has 2 heterocycles. The van der Waals surface area contributed by atoms with E-state index in [2.05, 4.69) is 26.9 Å². The van der Waals surface area contributed by atoms with Crippen molar-refractivity contribution in [2.45, 2.75) is 43.1 Å². The predicted octanol–water partition coefficient (Wildman–Crippen LogP) is 5.09. The average molecular weight is 351 g/mol. The van der Waals surface area contributed by atoms with Gasteiger partial charge in [-0.05, 0) is 31.0 Å². The van der Waals surface area contributed by atoms with Crippen molar-refractivity contribution in [2.24, 2.45) is 0 Å². The molecule has 1 aliphatic heterocycles. The molecule has 0 spiro atoms. The third-order valence-corrected chi connectivity index (χ3v) is 5.39. The maximum absolute atomic E-state index is 6.06. The van der Waals surface area contributed by atoms with Crippen molar-refractivity contribution in [3.63, 3.8) is 0 Å². The molecule has 0 radical (unpaired) electrons. The fourth-order valence-electron chi connectivity index (χ4n) is 3.05. The number of para-hydroxylation sites is 2. The molecule has 0 saturated carbocycles. The van der Waals surface area contributed by atoms with E-state index in [1.165, 1.54) is 24.8 Å². The Hall–Kier alpha value is -2.27. The Morgan fingerprint density at radius 1 is 0.920 bits per heavy atom. The zero-order chi connectivity index (χ0) is 16.9. The van der Waals surface area contributed by atoms with Gasteiger partial charge in [-0.15, -0.1) is 10.2 Å². The number of ether oxygens (including phenoxy) is 1. The monoisotopic (exact) mass is 351 g/mol. The van der Waals surface area contributed by atoms with Gasteiger partial charge in [0.2, 0.25) is 0 Å². The summed E-state index contributed by atoms with van der Waals surface area (Å²) in [5.41, 5.74) is 1.17. The van der Waals surface area contributed by atoms with E-state index >= 15 is 0 Å². The van der Waals surface area contributed by atoms with Crippen LogP contribution in [0.2, 0.25) is 0 Å². The molecule has 0 fully saturated rings. The van der Waals surface area contributed by atoms with Crippen molar-refractivity contribution >= 4 is 11.8 Å². The first kappa shape index (κ1) is 16.2. The number of fused-ring (bicyclic) bond motifs is 1. The van der Waals surface area contributed by atoms with E-state index < -0.39 is 0 Å². The summed E-state index contributed by atoms with van der Waals surface area (Å²) in [6.45, 7) is 1.03. The minimum Gasteiger partial charge on any atom is -0.457 e. The number of nitrogens with zero attached hydrogens (tertiary/aromatic N) is 3. The van der Waals surface area contributed by atoms with Crippen LogP contribution in [0.4, 0.5) is 0 Å². The quantitative estimate of drug-likeness (QED) is 0.600. The Morgan fingerprint density at radius 3 is 2.68 bits per heavy atom. The summed E-state index contributed by atoms with van der Waals surface area (Å²) in [5, 5.41) is 9.80. The van der Waals surface area contributed by atoms with Gasteiger partial charge in [0.05, 0.1) is 0 Å². The van der Waals surface area contributed by atoms with Crippen LogP contribution in [-0.4, -0.2) is 14.8 Å². The van der Waals surface area contributed by atoms with E-state index in [9.17, 15) is 0 Å². The van der Waals surface area contributed by atoms with Crippen molar-refractivity contribution in [2.75, 3.05) is 0 Å². The first-order chi connectivity index (χ1) is 12.4. The molecule has 1 aliphatic rings. The summed E-state index contributed by atoms with van der Waals surface area (Å²) in [6.07, 6.45) is 4.76. The highest BCUT2D eigenvalue weighted by Gasteiger charge is 2.15. The largest absolute Gasteiger partial charge is 0.457 e. The van der Waals surface area contributed by atoms with Gasteiger partial charge in [-0.1, -0.05) is 54.6 Å². The lowest BCUT2D eigenvalue weighted by atomic mass is 10.2. The van der Waals surface area contributed by atoms with Crippen molar-refractivity contribution in [3.05, 3.63) is 66.0 Å². The average Bonchev–Trinajstić information content (AvgIpc) is 2.88. The maximum Gasteiger partial charge on any atom is 0.191 e. The first-order valence-corrected chi connectivity index (χ1v) is 9.74. The molecule has 4 nitrogen and oxygen atoms in total.